The number of nitrogens with one attached hydrogen (secondary N) is 3. The van der Waals surface area contributed by atoms with E-state index in [4.69, 9.17) is 74.3 Å². The number of nitrogens with two attached hydrogens (primary N) is 8. The number of aryl methyl sites for hydroxylation is 6. The Morgan fingerprint density at radius 1 is 0.336 bits per heavy atom. The number of anilines is 11. The van der Waals surface area contributed by atoms with Crippen molar-refractivity contribution in [3.63, 3.8) is 0 Å². The highest BCUT2D eigenvalue weighted by Gasteiger charge is 2.22. The topological polar surface area (TPSA) is 578 Å². The maximum atomic E-state index is 11.3. The molecular weight excluding hydrogens is 1620 g/mol. The third-order valence-electron chi connectivity index (χ3n) is 17.4. The van der Waals surface area contributed by atoms with Crippen molar-refractivity contribution in [3.05, 3.63) is 179 Å². The van der Waals surface area contributed by atoms with Crippen LogP contribution in [0.4, 0.5) is 73.6 Å². The molecule has 0 bridgehead atoms. The highest BCUT2D eigenvalue weighted by molar-refractivity contribution is 7.98. The number of thioether (sulfide) groups is 1. The molecule has 3 amide bonds. The van der Waals surface area contributed by atoms with E-state index in [0.29, 0.717) is 139 Å². The number of methoxy groups -OCH3 is 1. The Morgan fingerprint density at radius 2 is 0.592 bits per heavy atom. The van der Waals surface area contributed by atoms with E-state index in [9.17, 15) is 9.59 Å². The van der Waals surface area contributed by atoms with Crippen molar-refractivity contribution in [2.24, 2.45) is 5.73 Å². The number of hydrogen-bond acceptors (Lipinski definition) is 37. The molecule has 39 nitrogen and oxygen atoms in total. The van der Waals surface area contributed by atoms with Crippen LogP contribution >= 0.6 is 11.8 Å². The molecule has 12 aromatic rings. The van der Waals surface area contributed by atoms with E-state index in [2.05, 4.69) is 166 Å². The monoisotopic (exact) mass is 1730 g/mol. The molecule has 19 N–H and O–H groups in total. The number of nitrogens with zero attached hydrogens (tertiary/aromatic N) is 19. The van der Waals surface area contributed by atoms with Gasteiger partial charge < -0.3 is 89.2 Å². The van der Waals surface area contributed by atoms with Gasteiger partial charge in [-0.15, -0.1) is 11.8 Å². The summed E-state index contributed by atoms with van der Waals surface area (Å²) in [5.41, 5.74) is 51.6. The highest BCUT2D eigenvalue weighted by Crippen LogP contribution is 2.40. The van der Waals surface area contributed by atoms with Crippen LogP contribution in [-0.4, -0.2) is 136 Å². The Morgan fingerprint density at radius 3 is 0.864 bits per heavy atom. The third kappa shape index (κ3) is 29.3. The van der Waals surface area contributed by atoms with Crippen molar-refractivity contribution in [1.82, 2.24) is 89.7 Å². The fraction of sp³-hybridized carbons (Fsp3) is 0.341. The summed E-state index contributed by atoms with van der Waals surface area (Å²) in [5, 5.41) is 8.79. The van der Waals surface area contributed by atoms with Gasteiger partial charge in [0.1, 0.15) is 98.5 Å². The minimum Gasteiger partial charge on any atom is -0.453 e. The van der Waals surface area contributed by atoms with Gasteiger partial charge in [0, 0.05) is 128 Å². The van der Waals surface area contributed by atoms with Gasteiger partial charge in [0.15, 0.2) is 69.4 Å². The predicted octanol–water partition coefficient (Wildman–Crippen LogP) is 16.1. The molecule has 0 saturated heterocycles. The first-order valence-electron chi connectivity index (χ1n) is 39.3. The minimum atomic E-state index is -0.700. The van der Waals surface area contributed by atoms with Crippen molar-refractivity contribution < 1.29 is 42.7 Å². The van der Waals surface area contributed by atoms with Gasteiger partial charge in [0.05, 0.1) is 49.3 Å². The smallest absolute Gasteiger partial charge is 0.412 e. The fourth-order valence-electron chi connectivity index (χ4n) is 10.8. The van der Waals surface area contributed by atoms with Crippen LogP contribution in [0.3, 0.4) is 0 Å². The second-order valence-corrected chi connectivity index (χ2v) is 30.4. The van der Waals surface area contributed by atoms with Crippen LogP contribution in [0.25, 0.3) is 0 Å². The minimum absolute atomic E-state index is 0.164. The molecule has 0 fully saturated rings. The first kappa shape index (κ1) is 97.4. The predicted molar refractivity (Wildman–Crippen MR) is 487 cm³/mol. The van der Waals surface area contributed by atoms with Gasteiger partial charge in [-0.1, -0.05) is 83.1 Å². The number of primary amides is 1. The largest absolute Gasteiger partial charge is 0.453 e. The second-order valence-electron chi connectivity index (χ2n) is 29.6. The molecule has 0 saturated carbocycles. The average Bonchev–Trinajstić information content (AvgIpc) is 0.846. The molecule has 0 unspecified atom stereocenters. The first-order valence-corrected chi connectivity index (χ1v) is 40.5. The Labute approximate surface area is 731 Å². The summed E-state index contributed by atoms with van der Waals surface area (Å²) in [7, 11) is 6.96. The van der Waals surface area contributed by atoms with Gasteiger partial charge in [-0.2, -0.15) is 0 Å². The van der Waals surface area contributed by atoms with Gasteiger partial charge in [-0.05, 0) is 83.3 Å². The van der Waals surface area contributed by atoms with Crippen molar-refractivity contribution >= 4 is 87.9 Å². The normalized spacial score (nSPS) is 10.7. The fourth-order valence-corrected chi connectivity index (χ4v) is 11.1. The summed E-state index contributed by atoms with van der Waals surface area (Å²) in [5.74, 6) is 15.7. The van der Waals surface area contributed by atoms with Gasteiger partial charge >= 0.3 is 12.1 Å². The number of amides is 3. The molecule has 662 valence electrons. The average molecular weight is 1730 g/mol. The lowest BCUT2D eigenvalue weighted by atomic mass is 10.0. The van der Waals surface area contributed by atoms with Crippen LogP contribution in [0.15, 0.2) is 116 Å². The molecule has 0 aliphatic heterocycles. The zero-order chi connectivity index (χ0) is 92.2. The van der Waals surface area contributed by atoms with Crippen LogP contribution in [0, 0.1) is 41.5 Å². The Bertz CT molecular complexity index is 5540. The lowest BCUT2D eigenvalue weighted by Gasteiger charge is -2.18. The Hall–Kier alpha value is -14.7. The Kier molecular flexibility index (Phi) is 35.7. The molecule has 125 heavy (non-hydrogen) atoms. The lowest BCUT2D eigenvalue weighted by Crippen LogP contribution is -2.20. The van der Waals surface area contributed by atoms with E-state index in [1.807, 2.05) is 90.6 Å². The quantitative estimate of drug-likeness (QED) is 0.0265. The number of carbonyl (C=O) groups is 2. The van der Waals surface area contributed by atoms with Gasteiger partial charge in [-0.25, -0.2) is 99.3 Å². The Balaban J connectivity index is 0.000000206. The summed E-state index contributed by atoms with van der Waals surface area (Å²) < 4.78 is 39.6. The van der Waals surface area contributed by atoms with E-state index < -0.39 is 12.1 Å². The summed E-state index contributed by atoms with van der Waals surface area (Å²) in [6, 6.07) is 9.82. The van der Waals surface area contributed by atoms with Crippen molar-refractivity contribution in [3.8, 4) is 69.0 Å². The maximum absolute atomic E-state index is 11.3. The zero-order valence-corrected chi connectivity index (χ0v) is 75.4. The van der Waals surface area contributed by atoms with Gasteiger partial charge in [0.2, 0.25) is 0 Å². The van der Waals surface area contributed by atoms with Crippen molar-refractivity contribution in [2.75, 3.05) is 95.5 Å². The van der Waals surface area contributed by atoms with E-state index in [1.54, 1.807) is 121 Å². The summed E-state index contributed by atoms with van der Waals surface area (Å²) in [4.78, 5) is 98.7. The molecule has 0 aliphatic rings. The molecule has 0 spiro atoms. The number of pyridine rings is 6. The third-order valence-corrected chi connectivity index (χ3v) is 18.1. The number of nitrogen functional groups attached to an aromatic ring is 7. The highest BCUT2D eigenvalue weighted by atomic mass is 32.2. The summed E-state index contributed by atoms with van der Waals surface area (Å²) >= 11 is 1.57. The van der Waals surface area contributed by atoms with Crippen LogP contribution in [-0.2, 0) is 4.74 Å². The van der Waals surface area contributed by atoms with Crippen molar-refractivity contribution in [2.45, 2.75) is 165 Å². The number of rotatable bonds is 23. The molecule has 0 radical (unpaired) electrons. The molecule has 12 heterocycles. The molecule has 0 aliphatic carbocycles. The number of urea groups is 1. The number of ether oxygens (including phenoxy) is 7. The molecule has 0 atom stereocenters. The molecule has 12 rings (SSSR count). The van der Waals surface area contributed by atoms with Gasteiger partial charge in [-0.3, -0.25) is 10.6 Å². The SMILES string of the molecule is CNc1cc(Oc2cnc(C)nc2N)c(C(C)C)cn1.COC(=O)Nc1cc(Oc2cnc(C)nc2N)c(C(C)C)cn1.CSc1cc(Oc2cnc(C)nc2N)c(C(C)C)cn1.Cc1ncc(Oc2cc(N(C)C)ncc2C(C)C)c(N)n1.Cc1ncc(Oc2cc(N)ncc2C(C)C)c(N)n1.Cc1ncc(Oc2cc(NC(N)=O)ncc2C(C)C)c(N)n1. The molecule has 0 aromatic carbocycles. The maximum Gasteiger partial charge on any atom is 0.412 e. The van der Waals surface area contributed by atoms with Crippen LogP contribution in [0.5, 0.6) is 69.0 Å². The standard InChI is InChI=1S/C15H19N5O3.C15H21N5O.C14H18N6O2.C14H19N5O.C14H18N4OS.C13H17N5O/c1-8(2)10-6-18-13(20-15(21)22-4)5-11(10)23-12-7-17-9(3)19-14(12)16;1-9(2)11-7-18-14(20(4)5)6-12(11)21-13-8-17-10(3)19-15(13)16;1-7(2)9-5-18-12(20-14(16)21)4-10(9)22-11-6-17-8(3)19-13(11)15;1-8(2)10-6-18-13(16-4)5-11(10)20-12-7-17-9(3)19-14(12)15;1-8(2)10-6-17-13(20-4)5-11(10)19-12-7-16-9(3)18-14(12)15;1-7(2)9-5-17-12(14)4-10(9)19-11-6-16-8(3)18-13(11)15/h5-8H,1-4H3,(H2,16,17,19)(H,18,20,21);6-9H,1-5H3,(H2,16,17,19);4-7H,1-3H3,(H2,15,17,19)(H3,16,18,20,21);5-8H,1-4H3,(H,16,18)(H2,15,17,19);5-8H,1-4H3,(H2,15,16,18);4-7H,1-3H3,(H2,14,17)(H2,15,16,18). The molecule has 40 heteroatoms. The van der Waals surface area contributed by atoms with Crippen LogP contribution in [0.1, 0.15) is 187 Å². The summed E-state index contributed by atoms with van der Waals surface area (Å²) in [6.45, 7) is 35.3. The van der Waals surface area contributed by atoms with Gasteiger partial charge in [0.25, 0.3) is 0 Å². The van der Waals surface area contributed by atoms with E-state index >= 15 is 0 Å². The van der Waals surface area contributed by atoms with Crippen LogP contribution in [0.2, 0.25) is 0 Å². The van der Waals surface area contributed by atoms with Crippen LogP contribution < -0.4 is 95.1 Å². The lowest BCUT2D eigenvalue weighted by molar-refractivity contribution is 0.187. The van der Waals surface area contributed by atoms with E-state index in [-0.39, 0.29) is 41.2 Å². The second kappa shape index (κ2) is 45.8. The zero-order valence-electron chi connectivity index (χ0n) is 74.6. The number of hydrogen-bond donors (Lipinski definition) is 11. The van der Waals surface area contributed by atoms with E-state index in [1.165, 1.54) is 19.5 Å². The molecule has 12 aromatic heterocycles. The number of carbonyl (C=O) groups excluding carboxylic acids is 2. The van der Waals surface area contributed by atoms with Crippen molar-refractivity contribution in [1.29, 1.82) is 0 Å². The first-order chi connectivity index (χ1) is 59.1. The number of aromatic nitrogens is 18. The van der Waals surface area contributed by atoms with E-state index in [0.717, 1.165) is 61.5 Å². The molecular formula is C85H112N30O9S. The summed E-state index contributed by atoms with van der Waals surface area (Å²) in [6.07, 6.45) is 21.2.